The maximum Gasteiger partial charge on any atom is 0.133 e. The van der Waals surface area contributed by atoms with Gasteiger partial charge in [0, 0.05) is 30.4 Å². The molecule has 0 radical (unpaired) electrons. The number of hydrogen-bond acceptors (Lipinski definition) is 3. The average molecular weight is 277 g/mol. The zero-order valence-corrected chi connectivity index (χ0v) is 11.9. The SMILES string of the molecule is COc1ccccc1CN(C)Cc1cccnc1Cl. The van der Waals surface area contributed by atoms with E-state index in [0.29, 0.717) is 5.15 Å². The van der Waals surface area contributed by atoms with E-state index in [1.54, 1.807) is 13.3 Å². The molecule has 0 bridgehead atoms. The van der Waals surface area contributed by atoms with Gasteiger partial charge in [-0.25, -0.2) is 4.98 Å². The van der Waals surface area contributed by atoms with Crippen LogP contribution < -0.4 is 4.74 Å². The van der Waals surface area contributed by atoms with Crippen LogP contribution >= 0.6 is 11.6 Å². The van der Waals surface area contributed by atoms with E-state index < -0.39 is 0 Å². The van der Waals surface area contributed by atoms with Crippen LogP contribution in [0.1, 0.15) is 11.1 Å². The number of hydrogen-bond donors (Lipinski definition) is 0. The van der Waals surface area contributed by atoms with Crippen molar-refractivity contribution < 1.29 is 4.74 Å². The summed E-state index contributed by atoms with van der Waals surface area (Å²) in [6, 6.07) is 11.9. The van der Waals surface area contributed by atoms with Crippen molar-refractivity contribution in [2.24, 2.45) is 0 Å². The second kappa shape index (κ2) is 6.55. The molecule has 0 atom stereocenters. The molecule has 1 aromatic carbocycles. The molecule has 0 aliphatic rings. The smallest absolute Gasteiger partial charge is 0.133 e. The number of para-hydroxylation sites is 1. The number of halogens is 1. The summed E-state index contributed by atoms with van der Waals surface area (Å²) in [7, 11) is 3.74. The number of methoxy groups -OCH3 is 1. The number of nitrogens with zero attached hydrogens (tertiary/aromatic N) is 2. The number of rotatable bonds is 5. The summed E-state index contributed by atoms with van der Waals surface area (Å²) >= 11 is 6.07. The molecule has 2 aromatic rings. The first-order valence-corrected chi connectivity index (χ1v) is 6.48. The molecule has 19 heavy (non-hydrogen) atoms. The quantitative estimate of drug-likeness (QED) is 0.783. The van der Waals surface area contributed by atoms with Gasteiger partial charge >= 0.3 is 0 Å². The minimum Gasteiger partial charge on any atom is -0.496 e. The van der Waals surface area contributed by atoms with Crippen molar-refractivity contribution in [1.82, 2.24) is 9.88 Å². The maximum absolute atomic E-state index is 6.07. The Hall–Kier alpha value is -1.58. The highest BCUT2D eigenvalue weighted by atomic mass is 35.5. The lowest BCUT2D eigenvalue weighted by atomic mass is 10.2. The van der Waals surface area contributed by atoms with Crippen molar-refractivity contribution in [3.05, 3.63) is 58.9 Å². The molecule has 0 spiro atoms. The standard InChI is InChI=1S/C15H17ClN2O/c1-18(11-13-7-5-9-17-15(13)16)10-12-6-3-4-8-14(12)19-2/h3-9H,10-11H2,1-2H3. The minimum atomic E-state index is 0.564. The van der Waals surface area contributed by atoms with Gasteiger partial charge in [-0.15, -0.1) is 0 Å². The van der Waals surface area contributed by atoms with Crippen molar-refractivity contribution in [1.29, 1.82) is 0 Å². The number of pyridine rings is 1. The van der Waals surface area contributed by atoms with Crippen molar-refractivity contribution in [3.63, 3.8) is 0 Å². The zero-order chi connectivity index (χ0) is 13.7. The number of benzene rings is 1. The molecule has 0 N–H and O–H groups in total. The van der Waals surface area contributed by atoms with E-state index in [1.807, 2.05) is 30.3 Å². The van der Waals surface area contributed by atoms with Crippen LogP contribution in [0.2, 0.25) is 5.15 Å². The van der Waals surface area contributed by atoms with Crippen molar-refractivity contribution in [3.8, 4) is 5.75 Å². The van der Waals surface area contributed by atoms with Gasteiger partial charge in [-0.2, -0.15) is 0 Å². The number of aromatic nitrogens is 1. The summed E-state index contributed by atoms with van der Waals surface area (Å²) in [4.78, 5) is 6.27. The van der Waals surface area contributed by atoms with E-state index >= 15 is 0 Å². The maximum atomic E-state index is 6.07. The van der Waals surface area contributed by atoms with Crippen LogP contribution in [0, 0.1) is 0 Å². The third kappa shape index (κ3) is 3.69. The predicted octanol–water partition coefficient (Wildman–Crippen LogP) is 3.38. The first-order chi connectivity index (χ1) is 9.20. The zero-order valence-electron chi connectivity index (χ0n) is 11.1. The Morgan fingerprint density at radius 2 is 1.79 bits per heavy atom. The fourth-order valence-corrected chi connectivity index (χ4v) is 2.19. The first-order valence-electron chi connectivity index (χ1n) is 6.10. The average Bonchev–Trinajstić information content (AvgIpc) is 2.42. The van der Waals surface area contributed by atoms with Gasteiger partial charge < -0.3 is 4.74 Å². The van der Waals surface area contributed by atoms with Crippen LogP contribution in [-0.2, 0) is 13.1 Å². The van der Waals surface area contributed by atoms with E-state index in [1.165, 1.54) is 0 Å². The highest BCUT2D eigenvalue weighted by Gasteiger charge is 2.08. The van der Waals surface area contributed by atoms with Gasteiger partial charge in [0.25, 0.3) is 0 Å². The molecule has 3 nitrogen and oxygen atoms in total. The van der Waals surface area contributed by atoms with Crippen LogP contribution in [0.4, 0.5) is 0 Å². The Morgan fingerprint density at radius 1 is 1.11 bits per heavy atom. The minimum absolute atomic E-state index is 0.564. The van der Waals surface area contributed by atoms with Crippen molar-refractivity contribution in [2.75, 3.05) is 14.2 Å². The summed E-state index contributed by atoms with van der Waals surface area (Å²) < 4.78 is 5.36. The van der Waals surface area contributed by atoms with Gasteiger partial charge in [0.15, 0.2) is 0 Å². The molecular formula is C15H17ClN2O. The van der Waals surface area contributed by atoms with Crippen LogP contribution in [-0.4, -0.2) is 24.0 Å². The molecule has 4 heteroatoms. The van der Waals surface area contributed by atoms with Gasteiger partial charge in [-0.05, 0) is 19.2 Å². The fourth-order valence-electron chi connectivity index (χ4n) is 2.01. The van der Waals surface area contributed by atoms with E-state index in [-0.39, 0.29) is 0 Å². The van der Waals surface area contributed by atoms with Gasteiger partial charge in [0.1, 0.15) is 10.9 Å². The molecule has 0 unspecified atom stereocenters. The van der Waals surface area contributed by atoms with Gasteiger partial charge in [0.2, 0.25) is 0 Å². The molecule has 2 rings (SSSR count). The summed E-state index contributed by atoms with van der Waals surface area (Å²) in [5.41, 5.74) is 2.19. The highest BCUT2D eigenvalue weighted by Crippen LogP contribution is 2.20. The lowest BCUT2D eigenvalue weighted by Gasteiger charge is -2.18. The fraction of sp³-hybridized carbons (Fsp3) is 0.267. The molecular weight excluding hydrogens is 260 g/mol. The van der Waals surface area contributed by atoms with Crippen LogP contribution in [0.15, 0.2) is 42.6 Å². The molecule has 0 fully saturated rings. The Balaban J connectivity index is 2.05. The third-order valence-electron chi connectivity index (χ3n) is 2.91. The molecule has 1 aromatic heterocycles. The summed E-state index contributed by atoms with van der Waals surface area (Å²) in [6.07, 6.45) is 1.70. The molecule has 0 amide bonds. The van der Waals surface area contributed by atoms with E-state index in [2.05, 4.69) is 23.0 Å². The van der Waals surface area contributed by atoms with Crippen molar-refractivity contribution >= 4 is 11.6 Å². The second-order valence-corrected chi connectivity index (χ2v) is 4.80. The van der Waals surface area contributed by atoms with E-state index in [4.69, 9.17) is 16.3 Å². The molecule has 1 heterocycles. The first kappa shape index (κ1) is 13.8. The molecule has 0 aliphatic heterocycles. The van der Waals surface area contributed by atoms with Crippen LogP contribution in [0.25, 0.3) is 0 Å². The normalized spacial score (nSPS) is 10.7. The second-order valence-electron chi connectivity index (χ2n) is 4.44. The van der Waals surface area contributed by atoms with Gasteiger partial charge in [-0.3, -0.25) is 4.90 Å². The summed E-state index contributed by atoms with van der Waals surface area (Å²) in [6.45, 7) is 1.56. The Labute approximate surface area is 118 Å². The Morgan fingerprint density at radius 3 is 2.53 bits per heavy atom. The topological polar surface area (TPSA) is 25.4 Å². The number of ether oxygens (including phenoxy) is 1. The molecule has 0 saturated heterocycles. The van der Waals surface area contributed by atoms with Gasteiger partial charge in [-0.1, -0.05) is 35.9 Å². The van der Waals surface area contributed by atoms with Crippen molar-refractivity contribution in [2.45, 2.75) is 13.1 Å². The van der Waals surface area contributed by atoms with E-state index in [0.717, 1.165) is 30.0 Å². The highest BCUT2D eigenvalue weighted by molar-refractivity contribution is 6.30. The van der Waals surface area contributed by atoms with Crippen LogP contribution in [0.3, 0.4) is 0 Å². The Kier molecular flexibility index (Phi) is 4.77. The summed E-state index contributed by atoms with van der Waals surface area (Å²) in [5, 5.41) is 0.564. The third-order valence-corrected chi connectivity index (χ3v) is 3.25. The van der Waals surface area contributed by atoms with Crippen LogP contribution in [0.5, 0.6) is 5.75 Å². The molecule has 0 aliphatic carbocycles. The van der Waals surface area contributed by atoms with Gasteiger partial charge in [0.05, 0.1) is 7.11 Å². The lowest BCUT2D eigenvalue weighted by Crippen LogP contribution is -2.18. The predicted molar refractivity (Wildman–Crippen MR) is 77.4 cm³/mol. The largest absolute Gasteiger partial charge is 0.496 e. The monoisotopic (exact) mass is 276 g/mol. The molecule has 100 valence electrons. The summed E-state index contributed by atoms with van der Waals surface area (Å²) in [5.74, 6) is 0.909. The Bertz CT molecular complexity index is 545. The lowest BCUT2D eigenvalue weighted by molar-refractivity contribution is 0.310. The van der Waals surface area contributed by atoms with E-state index in [9.17, 15) is 0 Å². The molecule has 0 saturated carbocycles.